The molecule has 0 atom stereocenters. The SMILES string of the molecule is CC1=[C]CCC=C1C. The van der Waals surface area contributed by atoms with Gasteiger partial charge in [0, 0.05) is 0 Å². The summed E-state index contributed by atoms with van der Waals surface area (Å²) in [5.74, 6) is 0. The lowest BCUT2D eigenvalue weighted by Gasteiger charge is -2.04. The molecule has 1 rings (SSSR count). The topological polar surface area (TPSA) is 0 Å². The molecule has 0 saturated heterocycles. The molecule has 0 aromatic carbocycles. The van der Waals surface area contributed by atoms with E-state index in [9.17, 15) is 0 Å². The first-order valence-electron chi connectivity index (χ1n) is 3.05. The molecule has 0 fully saturated rings. The van der Waals surface area contributed by atoms with E-state index in [1.165, 1.54) is 17.6 Å². The van der Waals surface area contributed by atoms with E-state index in [-0.39, 0.29) is 0 Å². The van der Waals surface area contributed by atoms with Gasteiger partial charge in [-0.1, -0.05) is 11.6 Å². The normalized spacial score (nSPS) is 19.8. The molecule has 0 heteroatoms. The molecule has 0 heterocycles. The van der Waals surface area contributed by atoms with Gasteiger partial charge < -0.3 is 0 Å². The average Bonchev–Trinajstić information content (AvgIpc) is 1.77. The van der Waals surface area contributed by atoms with Gasteiger partial charge in [0.1, 0.15) is 0 Å². The molecule has 0 aliphatic heterocycles. The van der Waals surface area contributed by atoms with Crippen LogP contribution in [0.3, 0.4) is 0 Å². The molecule has 0 nitrogen and oxygen atoms in total. The van der Waals surface area contributed by atoms with Crippen LogP contribution in [0.5, 0.6) is 0 Å². The molecule has 1 aliphatic carbocycles. The lowest BCUT2D eigenvalue weighted by Crippen LogP contribution is -1.86. The van der Waals surface area contributed by atoms with Gasteiger partial charge in [-0.3, -0.25) is 0 Å². The first-order chi connectivity index (χ1) is 3.80. The van der Waals surface area contributed by atoms with Crippen LogP contribution in [-0.2, 0) is 0 Å². The van der Waals surface area contributed by atoms with Crippen LogP contribution in [0.15, 0.2) is 17.2 Å². The highest BCUT2D eigenvalue weighted by atomic mass is 14.0. The monoisotopic (exact) mass is 107 g/mol. The molecule has 0 saturated carbocycles. The Hall–Kier alpha value is -0.520. The van der Waals surface area contributed by atoms with Gasteiger partial charge in [0.2, 0.25) is 0 Å². The maximum absolute atomic E-state index is 3.28. The standard InChI is InChI=1S/C8H11/c1-7-5-3-4-6-8(7)2/h5H,3-4H2,1-2H3. The largest absolute Gasteiger partial charge is 0.0810 e. The van der Waals surface area contributed by atoms with E-state index < -0.39 is 0 Å². The van der Waals surface area contributed by atoms with Crippen molar-refractivity contribution in [2.24, 2.45) is 0 Å². The van der Waals surface area contributed by atoms with E-state index in [0.717, 1.165) is 6.42 Å². The van der Waals surface area contributed by atoms with Crippen molar-refractivity contribution in [1.82, 2.24) is 0 Å². The summed E-state index contributed by atoms with van der Waals surface area (Å²) >= 11 is 0. The minimum absolute atomic E-state index is 1.11. The summed E-state index contributed by atoms with van der Waals surface area (Å²) in [6, 6.07) is 0. The molecule has 0 unspecified atom stereocenters. The number of allylic oxidation sites excluding steroid dienone is 4. The molecule has 0 spiro atoms. The van der Waals surface area contributed by atoms with Gasteiger partial charge in [-0.15, -0.1) is 0 Å². The Morgan fingerprint density at radius 2 is 2.25 bits per heavy atom. The second kappa shape index (κ2) is 2.17. The van der Waals surface area contributed by atoms with Crippen molar-refractivity contribution < 1.29 is 0 Å². The van der Waals surface area contributed by atoms with Gasteiger partial charge in [-0.25, -0.2) is 0 Å². The van der Waals surface area contributed by atoms with Crippen LogP contribution in [0.1, 0.15) is 26.7 Å². The molecular formula is C8H11. The summed E-state index contributed by atoms with van der Waals surface area (Å²) in [6.07, 6.45) is 7.85. The van der Waals surface area contributed by atoms with Crippen LogP contribution in [-0.4, -0.2) is 0 Å². The summed E-state index contributed by atoms with van der Waals surface area (Å²) in [4.78, 5) is 0. The molecule has 1 aliphatic rings. The zero-order valence-corrected chi connectivity index (χ0v) is 5.49. The van der Waals surface area contributed by atoms with E-state index >= 15 is 0 Å². The number of hydrogen-bond acceptors (Lipinski definition) is 0. The molecule has 0 aromatic heterocycles. The molecule has 0 amide bonds. The van der Waals surface area contributed by atoms with Crippen molar-refractivity contribution in [3.05, 3.63) is 23.3 Å². The van der Waals surface area contributed by atoms with Crippen LogP contribution in [0.25, 0.3) is 0 Å². The van der Waals surface area contributed by atoms with E-state index in [4.69, 9.17) is 0 Å². The Morgan fingerprint density at radius 3 is 2.62 bits per heavy atom. The maximum atomic E-state index is 3.28. The third-order valence-electron chi connectivity index (χ3n) is 1.58. The summed E-state index contributed by atoms with van der Waals surface area (Å²) in [6.45, 7) is 4.26. The first kappa shape index (κ1) is 5.61. The quantitative estimate of drug-likeness (QED) is 0.446. The lowest BCUT2D eigenvalue weighted by molar-refractivity contribution is 0.964. The third kappa shape index (κ3) is 1.00. The fourth-order valence-electron chi connectivity index (χ4n) is 0.841. The van der Waals surface area contributed by atoms with Gasteiger partial charge in [0.05, 0.1) is 0 Å². The van der Waals surface area contributed by atoms with Crippen molar-refractivity contribution in [2.75, 3.05) is 0 Å². The fourth-order valence-corrected chi connectivity index (χ4v) is 0.841. The Kier molecular flexibility index (Phi) is 1.52. The van der Waals surface area contributed by atoms with Crippen LogP contribution in [0, 0.1) is 6.08 Å². The van der Waals surface area contributed by atoms with Crippen molar-refractivity contribution >= 4 is 0 Å². The van der Waals surface area contributed by atoms with Crippen LogP contribution in [0.2, 0.25) is 0 Å². The Balaban J connectivity index is 2.73. The Bertz CT molecular complexity index is 120. The van der Waals surface area contributed by atoms with Gasteiger partial charge in [-0.05, 0) is 38.3 Å². The van der Waals surface area contributed by atoms with Crippen molar-refractivity contribution in [3.8, 4) is 0 Å². The van der Waals surface area contributed by atoms with E-state index in [2.05, 4.69) is 26.0 Å². The number of hydrogen-bond donors (Lipinski definition) is 0. The molecule has 1 radical (unpaired) electrons. The van der Waals surface area contributed by atoms with Crippen molar-refractivity contribution in [3.63, 3.8) is 0 Å². The van der Waals surface area contributed by atoms with Crippen molar-refractivity contribution in [1.29, 1.82) is 0 Å². The van der Waals surface area contributed by atoms with Crippen LogP contribution < -0.4 is 0 Å². The van der Waals surface area contributed by atoms with Gasteiger partial charge in [-0.2, -0.15) is 0 Å². The maximum Gasteiger partial charge on any atom is -0.0238 e. The molecule has 0 aromatic rings. The third-order valence-corrected chi connectivity index (χ3v) is 1.58. The molecular weight excluding hydrogens is 96.1 g/mol. The van der Waals surface area contributed by atoms with E-state index in [1.807, 2.05) is 0 Å². The van der Waals surface area contributed by atoms with Crippen LogP contribution >= 0.6 is 0 Å². The summed E-state index contributed by atoms with van der Waals surface area (Å²) in [5, 5.41) is 0. The smallest absolute Gasteiger partial charge is 0.0238 e. The molecule has 0 bridgehead atoms. The summed E-state index contributed by atoms with van der Waals surface area (Å²) < 4.78 is 0. The van der Waals surface area contributed by atoms with Crippen molar-refractivity contribution in [2.45, 2.75) is 26.7 Å². The fraction of sp³-hybridized carbons (Fsp3) is 0.500. The highest BCUT2D eigenvalue weighted by Gasteiger charge is 1.96. The second-order valence-corrected chi connectivity index (χ2v) is 2.23. The van der Waals surface area contributed by atoms with Gasteiger partial charge in [0.15, 0.2) is 0 Å². The van der Waals surface area contributed by atoms with Gasteiger partial charge in [0.25, 0.3) is 0 Å². The highest BCUT2D eigenvalue weighted by Crippen LogP contribution is 2.15. The molecule has 8 heavy (non-hydrogen) atoms. The van der Waals surface area contributed by atoms with Crippen LogP contribution in [0.4, 0.5) is 0 Å². The zero-order valence-electron chi connectivity index (χ0n) is 5.49. The number of rotatable bonds is 0. The first-order valence-corrected chi connectivity index (χ1v) is 3.05. The van der Waals surface area contributed by atoms with E-state index in [1.54, 1.807) is 0 Å². The Morgan fingerprint density at radius 1 is 1.50 bits per heavy atom. The van der Waals surface area contributed by atoms with Gasteiger partial charge >= 0.3 is 0 Å². The minimum Gasteiger partial charge on any atom is -0.0810 e. The zero-order chi connectivity index (χ0) is 5.98. The molecule has 43 valence electrons. The lowest BCUT2D eigenvalue weighted by atomic mass is 10.0. The summed E-state index contributed by atoms with van der Waals surface area (Å²) in [7, 11) is 0. The second-order valence-electron chi connectivity index (χ2n) is 2.23. The predicted octanol–water partition coefficient (Wildman–Crippen LogP) is 2.48. The summed E-state index contributed by atoms with van der Waals surface area (Å²) in [5.41, 5.74) is 2.73. The minimum atomic E-state index is 1.11. The Labute approximate surface area is 50.9 Å². The highest BCUT2D eigenvalue weighted by molar-refractivity contribution is 5.26. The molecule has 0 N–H and O–H groups in total. The predicted molar refractivity (Wildman–Crippen MR) is 35.4 cm³/mol. The average molecular weight is 107 g/mol. The van der Waals surface area contributed by atoms with E-state index in [0.29, 0.717) is 0 Å².